The molecular weight excluding hydrogens is 325 g/mol. The molecule has 0 bridgehead atoms. The van der Waals surface area contributed by atoms with Gasteiger partial charge in [-0.3, -0.25) is 24.6 Å². The zero-order valence-electron chi connectivity index (χ0n) is 11.4. The van der Waals surface area contributed by atoms with Gasteiger partial charge in [-0.15, -0.1) is 0 Å². The largest absolute Gasteiger partial charge is 0.322 e. The number of aromatic amines is 2. The fraction of sp³-hybridized carbons (Fsp3) is 0. The summed E-state index contributed by atoms with van der Waals surface area (Å²) in [5.74, 6) is -1.52. The number of hydrogen-bond acceptors (Lipinski definition) is 3. The monoisotopic (exact) mass is 333 g/mol. The second-order valence-electron chi connectivity index (χ2n) is 4.72. The molecule has 0 spiro atoms. The lowest BCUT2D eigenvalue weighted by Gasteiger charge is -2.08. The predicted octanol–water partition coefficient (Wildman–Crippen LogP) is 2.26. The Morgan fingerprint density at radius 3 is 2.43 bits per heavy atom. The molecule has 1 heterocycles. The van der Waals surface area contributed by atoms with Crippen molar-refractivity contribution >= 4 is 34.0 Å². The number of hydrogen-bond donors (Lipinski definition) is 3. The summed E-state index contributed by atoms with van der Waals surface area (Å²) in [5.41, 5.74) is -1.04. The third kappa shape index (κ3) is 2.74. The first-order valence-electron chi connectivity index (χ1n) is 6.47. The minimum Gasteiger partial charge on any atom is -0.322 e. The van der Waals surface area contributed by atoms with Crippen LogP contribution in [0.25, 0.3) is 10.8 Å². The number of halogens is 2. The minimum absolute atomic E-state index is 0.0300. The van der Waals surface area contributed by atoms with E-state index >= 15 is 0 Å². The molecule has 3 aromatic rings. The Bertz CT molecular complexity index is 1020. The van der Waals surface area contributed by atoms with Gasteiger partial charge in [0.1, 0.15) is 5.82 Å². The van der Waals surface area contributed by atoms with Crippen molar-refractivity contribution in [3.05, 3.63) is 73.5 Å². The van der Waals surface area contributed by atoms with Gasteiger partial charge in [-0.05, 0) is 30.3 Å². The number of carbonyl (C=O) groups excluding carboxylic acids is 1. The number of H-pyrrole nitrogens is 2. The molecule has 116 valence electrons. The van der Waals surface area contributed by atoms with Crippen molar-refractivity contribution in [2.75, 3.05) is 5.32 Å². The molecule has 0 fully saturated rings. The number of benzene rings is 2. The third-order valence-electron chi connectivity index (χ3n) is 3.25. The van der Waals surface area contributed by atoms with Gasteiger partial charge in [0.2, 0.25) is 0 Å². The Labute approximate surface area is 132 Å². The van der Waals surface area contributed by atoms with E-state index in [1.165, 1.54) is 30.3 Å². The fourth-order valence-electron chi connectivity index (χ4n) is 2.16. The topological polar surface area (TPSA) is 94.8 Å². The van der Waals surface area contributed by atoms with Crippen LogP contribution in [0.5, 0.6) is 0 Å². The molecule has 0 saturated carbocycles. The number of nitrogens with one attached hydrogen (secondary N) is 3. The molecule has 1 amide bonds. The molecule has 8 heteroatoms. The quantitative estimate of drug-likeness (QED) is 0.671. The summed E-state index contributed by atoms with van der Waals surface area (Å²) >= 11 is 5.83. The van der Waals surface area contributed by atoms with E-state index < -0.39 is 22.8 Å². The number of amides is 1. The van der Waals surface area contributed by atoms with E-state index in [0.717, 1.165) is 6.07 Å². The molecule has 0 aliphatic rings. The average molecular weight is 334 g/mol. The second-order valence-corrected chi connectivity index (χ2v) is 5.13. The number of aromatic nitrogens is 2. The van der Waals surface area contributed by atoms with E-state index in [9.17, 15) is 18.8 Å². The van der Waals surface area contributed by atoms with Gasteiger partial charge in [0, 0.05) is 5.69 Å². The summed E-state index contributed by atoms with van der Waals surface area (Å²) in [6.07, 6.45) is 0. The molecule has 0 aliphatic heterocycles. The van der Waals surface area contributed by atoms with Crippen LogP contribution in [0.4, 0.5) is 10.1 Å². The Morgan fingerprint density at radius 1 is 1.04 bits per heavy atom. The van der Waals surface area contributed by atoms with Crippen molar-refractivity contribution in [2.45, 2.75) is 0 Å². The smallest absolute Gasteiger partial charge is 0.270 e. The van der Waals surface area contributed by atoms with E-state index in [4.69, 9.17) is 11.6 Å². The maximum Gasteiger partial charge on any atom is 0.270 e. The van der Waals surface area contributed by atoms with Crippen molar-refractivity contribution in [1.29, 1.82) is 0 Å². The number of fused-ring (bicyclic) bond motifs is 1. The van der Waals surface area contributed by atoms with Crippen LogP contribution >= 0.6 is 11.6 Å². The Morgan fingerprint density at radius 2 is 1.74 bits per heavy atom. The van der Waals surface area contributed by atoms with Crippen molar-refractivity contribution in [1.82, 2.24) is 10.2 Å². The molecule has 6 nitrogen and oxygen atoms in total. The van der Waals surface area contributed by atoms with E-state index in [1.807, 2.05) is 0 Å². The van der Waals surface area contributed by atoms with Crippen LogP contribution in [0.1, 0.15) is 10.4 Å². The van der Waals surface area contributed by atoms with Gasteiger partial charge in [0.15, 0.2) is 0 Å². The highest BCUT2D eigenvalue weighted by Gasteiger charge is 2.16. The first-order chi connectivity index (χ1) is 11.0. The van der Waals surface area contributed by atoms with Crippen LogP contribution in [0.15, 0.2) is 46.0 Å². The molecule has 0 unspecified atom stereocenters. The standard InChI is InChI=1S/C15H9ClFN3O3/c16-10-2-1-3-11(17)12(10)15(23)18-7-4-5-8-9(6-7)14(22)20-19-13(8)21/h1-6H,(H,18,23)(H,19,21)(H,20,22). The summed E-state index contributed by atoms with van der Waals surface area (Å²) in [7, 11) is 0. The second kappa shape index (κ2) is 5.69. The van der Waals surface area contributed by atoms with E-state index in [1.54, 1.807) is 0 Å². The lowest BCUT2D eigenvalue weighted by molar-refractivity contribution is 0.102. The van der Waals surface area contributed by atoms with Gasteiger partial charge >= 0.3 is 0 Å². The molecule has 0 aliphatic carbocycles. The lowest BCUT2D eigenvalue weighted by atomic mass is 10.1. The molecule has 3 rings (SSSR count). The van der Waals surface area contributed by atoms with Gasteiger partial charge < -0.3 is 5.32 Å². The highest BCUT2D eigenvalue weighted by molar-refractivity contribution is 6.34. The summed E-state index contributed by atoms with van der Waals surface area (Å²) in [4.78, 5) is 35.5. The lowest BCUT2D eigenvalue weighted by Crippen LogP contribution is -2.19. The van der Waals surface area contributed by atoms with Crippen molar-refractivity contribution in [3.8, 4) is 0 Å². The molecule has 0 radical (unpaired) electrons. The van der Waals surface area contributed by atoms with Crippen LogP contribution in [0.2, 0.25) is 5.02 Å². The first kappa shape index (κ1) is 15.0. The zero-order valence-corrected chi connectivity index (χ0v) is 12.2. The van der Waals surface area contributed by atoms with Gasteiger partial charge in [0.05, 0.1) is 21.4 Å². The molecular formula is C15H9ClFN3O3. The van der Waals surface area contributed by atoms with Crippen LogP contribution in [0, 0.1) is 5.82 Å². The van der Waals surface area contributed by atoms with E-state index in [2.05, 4.69) is 15.5 Å². The normalized spacial score (nSPS) is 10.7. The van der Waals surface area contributed by atoms with Crippen LogP contribution in [0.3, 0.4) is 0 Å². The maximum absolute atomic E-state index is 13.7. The fourth-order valence-corrected chi connectivity index (χ4v) is 2.41. The Kier molecular flexibility index (Phi) is 3.71. The maximum atomic E-state index is 13.7. The summed E-state index contributed by atoms with van der Waals surface area (Å²) < 4.78 is 13.7. The Hall–Kier alpha value is -2.93. The highest BCUT2D eigenvalue weighted by atomic mass is 35.5. The average Bonchev–Trinajstić information content (AvgIpc) is 2.51. The summed E-state index contributed by atoms with van der Waals surface area (Å²) in [5, 5.41) is 7.08. The van der Waals surface area contributed by atoms with Crippen LogP contribution in [-0.4, -0.2) is 16.1 Å². The van der Waals surface area contributed by atoms with E-state index in [-0.39, 0.29) is 27.0 Å². The molecule has 3 N–H and O–H groups in total. The molecule has 1 aromatic heterocycles. The minimum atomic E-state index is -0.759. The van der Waals surface area contributed by atoms with Crippen molar-refractivity contribution in [2.24, 2.45) is 0 Å². The highest BCUT2D eigenvalue weighted by Crippen LogP contribution is 2.21. The van der Waals surface area contributed by atoms with Crippen LogP contribution < -0.4 is 16.4 Å². The molecule has 0 atom stereocenters. The molecule has 0 saturated heterocycles. The van der Waals surface area contributed by atoms with Gasteiger partial charge in [0.25, 0.3) is 17.0 Å². The number of rotatable bonds is 2. The van der Waals surface area contributed by atoms with Gasteiger partial charge in [-0.25, -0.2) is 4.39 Å². The molecule has 23 heavy (non-hydrogen) atoms. The van der Waals surface area contributed by atoms with E-state index in [0.29, 0.717) is 0 Å². The van der Waals surface area contributed by atoms with Crippen molar-refractivity contribution < 1.29 is 9.18 Å². The molecule has 2 aromatic carbocycles. The zero-order chi connectivity index (χ0) is 16.6. The SMILES string of the molecule is O=C(Nc1ccc2c(=O)[nH][nH]c(=O)c2c1)c1c(F)cccc1Cl. The third-order valence-corrected chi connectivity index (χ3v) is 3.56. The number of carbonyl (C=O) groups is 1. The van der Waals surface area contributed by atoms with Crippen molar-refractivity contribution in [3.63, 3.8) is 0 Å². The Balaban J connectivity index is 2.02. The van der Waals surface area contributed by atoms with Gasteiger partial charge in [-0.2, -0.15) is 0 Å². The summed E-state index contributed by atoms with van der Waals surface area (Å²) in [6.45, 7) is 0. The van der Waals surface area contributed by atoms with Gasteiger partial charge in [-0.1, -0.05) is 17.7 Å². The predicted molar refractivity (Wildman–Crippen MR) is 84.6 cm³/mol. The number of anilines is 1. The summed E-state index contributed by atoms with van der Waals surface area (Å²) in [6, 6.07) is 8.05. The first-order valence-corrected chi connectivity index (χ1v) is 6.85. The van der Waals surface area contributed by atoms with Crippen LogP contribution in [-0.2, 0) is 0 Å².